The van der Waals surface area contributed by atoms with Crippen LogP contribution in [0.1, 0.15) is 10.5 Å². The Labute approximate surface area is 81.2 Å². The van der Waals surface area contributed by atoms with Crippen LogP contribution in [0.2, 0.25) is 0 Å². The molecule has 6 heteroatoms. The van der Waals surface area contributed by atoms with Crippen molar-refractivity contribution in [1.29, 1.82) is 0 Å². The summed E-state index contributed by atoms with van der Waals surface area (Å²) < 4.78 is 2.07. The first kappa shape index (κ1) is 8.18. The van der Waals surface area contributed by atoms with Gasteiger partial charge in [0.1, 0.15) is 0 Å². The number of nitrogens with zero attached hydrogens (tertiary/aromatic N) is 3. The van der Waals surface area contributed by atoms with E-state index in [4.69, 9.17) is 5.11 Å². The van der Waals surface area contributed by atoms with Crippen LogP contribution in [0.4, 0.5) is 0 Å². The Morgan fingerprint density at radius 1 is 1.62 bits per heavy atom. The van der Waals surface area contributed by atoms with E-state index in [0.717, 1.165) is 0 Å². The molecule has 0 atom stereocenters. The number of hydrogen-bond donors (Lipinski definition) is 1. The van der Waals surface area contributed by atoms with Crippen LogP contribution >= 0.6 is 15.9 Å². The maximum Gasteiger partial charge on any atom is 0.355 e. The zero-order valence-electron chi connectivity index (χ0n) is 6.31. The average Bonchev–Trinajstić information content (AvgIpc) is 2.48. The normalized spacial score (nSPS) is 10.5. The molecule has 0 aliphatic heterocycles. The van der Waals surface area contributed by atoms with E-state index in [2.05, 4.69) is 25.9 Å². The van der Waals surface area contributed by atoms with Gasteiger partial charge in [0, 0.05) is 18.6 Å². The summed E-state index contributed by atoms with van der Waals surface area (Å²) in [5.74, 6) is -0.696. The first-order chi connectivity index (χ1) is 6.18. The van der Waals surface area contributed by atoms with Crippen molar-refractivity contribution in [2.45, 2.75) is 0 Å². The number of aromatic nitrogens is 3. The van der Waals surface area contributed by atoms with Crippen molar-refractivity contribution in [3.8, 4) is 0 Å². The first-order valence-electron chi connectivity index (χ1n) is 3.41. The Balaban J connectivity index is 2.76. The molecule has 13 heavy (non-hydrogen) atoms. The number of carboxylic acid groups (broad SMARTS) is 1. The summed E-state index contributed by atoms with van der Waals surface area (Å²) in [6.07, 6.45) is 4.86. The third kappa shape index (κ3) is 1.29. The number of imidazole rings is 1. The van der Waals surface area contributed by atoms with Gasteiger partial charge in [-0.2, -0.15) is 0 Å². The van der Waals surface area contributed by atoms with Gasteiger partial charge in [-0.25, -0.2) is 14.8 Å². The lowest BCUT2D eigenvalue weighted by Gasteiger charge is -1.98. The van der Waals surface area contributed by atoms with Gasteiger partial charge in [-0.15, -0.1) is 0 Å². The van der Waals surface area contributed by atoms with E-state index < -0.39 is 5.97 Å². The number of aromatic carboxylic acids is 1. The van der Waals surface area contributed by atoms with E-state index in [9.17, 15) is 4.79 Å². The van der Waals surface area contributed by atoms with Gasteiger partial charge in [-0.1, -0.05) is 0 Å². The van der Waals surface area contributed by atoms with Crippen LogP contribution in [0, 0.1) is 0 Å². The highest BCUT2D eigenvalue weighted by atomic mass is 79.9. The van der Waals surface area contributed by atoms with Crippen LogP contribution in [0.5, 0.6) is 0 Å². The van der Waals surface area contributed by atoms with Gasteiger partial charge >= 0.3 is 5.97 Å². The van der Waals surface area contributed by atoms with Gasteiger partial charge in [0.25, 0.3) is 0 Å². The highest BCUT2D eigenvalue weighted by molar-refractivity contribution is 9.10. The molecule has 2 aromatic heterocycles. The van der Waals surface area contributed by atoms with E-state index in [1.807, 2.05) is 0 Å². The monoisotopic (exact) mass is 241 g/mol. The molecule has 0 bridgehead atoms. The predicted octanol–water partition coefficient (Wildman–Crippen LogP) is 1.19. The van der Waals surface area contributed by atoms with Gasteiger partial charge in [0.05, 0.1) is 4.47 Å². The van der Waals surface area contributed by atoms with Crippen LogP contribution in [0.25, 0.3) is 5.78 Å². The highest BCUT2D eigenvalue weighted by Gasteiger charge is 2.11. The standard InChI is InChI=1S/C7H4BrN3O2/c8-4-3-11-2-1-9-7(11)10-5(4)6(12)13/h1-3H,(H,12,13). The third-order valence-corrected chi connectivity index (χ3v) is 2.12. The summed E-state index contributed by atoms with van der Waals surface area (Å²) in [5.41, 5.74) is -0.0290. The fraction of sp³-hybridized carbons (Fsp3) is 0. The van der Waals surface area contributed by atoms with Gasteiger partial charge < -0.3 is 5.11 Å². The molecule has 66 valence electrons. The fourth-order valence-corrected chi connectivity index (χ4v) is 1.46. The minimum Gasteiger partial charge on any atom is -0.476 e. The van der Waals surface area contributed by atoms with Gasteiger partial charge in [-0.3, -0.25) is 4.40 Å². The summed E-state index contributed by atoms with van der Waals surface area (Å²) in [6.45, 7) is 0. The predicted molar refractivity (Wildman–Crippen MR) is 47.6 cm³/mol. The Kier molecular flexibility index (Phi) is 1.77. The van der Waals surface area contributed by atoms with E-state index in [1.165, 1.54) is 0 Å². The van der Waals surface area contributed by atoms with Crippen LogP contribution in [-0.4, -0.2) is 25.4 Å². The second-order valence-corrected chi connectivity index (χ2v) is 3.23. The molecule has 0 aliphatic rings. The number of hydrogen-bond acceptors (Lipinski definition) is 3. The maximum absolute atomic E-state index is 10.7. The van der Waals surface area contributed by atoms with Gasteiger partial charge in [-0.05, 0) is 15.9 Å². The zero-order chi connectivity index (χ0) is 9.42. The maximum atomic E-state index is 10.7. The van der Waals surface area contributed by atoms with E-state index in [1.54, 1.807) is 23.0 Å². The minimum absolute atomic E-state index is 0.0290. The second kappa shape index (κ2) is 2.81. The molecule has 0 saturated carbocycles. The SMILES string of the molecule is O=C(O)c1nc2nccn2cc1Br. The Bertz CT molecular complexity index is 480. The molecule has 0 aromatic carbocycles. The second-order valence-electron chi connectivity index (χ2n) is 2.38. The Morgan fingerprint density at radius 2 is 2.38 bits per heavy atom. The molecule has 5 nitrogen and oxygen atoms in total. The van der Waals surface area contributed by atoms with E-state index in [-0.39, 0.29) is 5.69 Å². The number of halogens is 1. The minimum atomic E-state index is -1.07. The average molecular weight is 242 g/mol. The van der Waals surface area contributed by atoms with Gasteiger partial charge in [0.2, 0.25) is 5.78 Å². The number of fused-ring (bicyclic) bond motifs is 1. The fourth-order valence-electron chi connectivity index (χ4n) is 0.979. The summed E-state index contributed by atoms with van der Waals surface area (Å²) in [6, 6.07) is 0. The quantitative estimate of drug-likeness (QED) is 0.815. The van der Waals surface area contributed by atoms with Crippen LogP contribution in [0.3, 0.4) is 0 Å². The molecule has 1 N–H and O–H groups in total. The van der Waals surface area contributed by atoms with Crippen LogP contribution < -0.4 is 0 Å². The van der Waals surface area contributed by atoms with Crippen LogP contribution in [-0.2, 0) is 0 Å². The van der Waals surface area contributed by atoms with Crippen molar-refractivity contribution in [1.82, 2.24) is 14.4 Å². The largest absolute Gasteiger partial charge is 0.476 e. The molecule has 2 aromatic rings. The molecule has 0 aliphatic carbocycles. The molecule has 0 saturated heterocycles. The molecular formula is C7H4BrN3O2. The zero-order valence-corrected chi connectivity index (χ0v) is 7.89. The van der Waals surface area contributed by atoms with Crippen molar-refractivity contribution in [3.63, 3.8) is 0 Å². The van der Waals surface area contributed by atoms with E-state index in [0.29, 0.717) is 10.3 Å². The lowest BCUT2D eigenvalue weighted by Crippen LogP contribution is -2.03. The molecule has 0 radical (unpaired) electrons. The molecular weight excluding hydrogens is 238 g/mol. The summed E-state index contributed by atoms with van der Waals surface area (Å²) in [7, 11) is 0. The van der Waals surface area contributed by atoms with Crippen molar-refractivity contribution >= 4 is 27.7 Å². The summed E-state index contributed by atoms with van der Waals surface area (Å²) in [5, 5.41) is 8.73. The smallest absolute Gasteiger partial charge is 0.355 e. The number of carboxylic acids is 1. The first-order valence-corrected chi connectivity index (χ1v) is 4.20. The molecule has 0 amide bonds. The van der Waals surface area contributed by atoms with E-state index >= 15 is 0 Å². The number of carbonyl (C=O) groups is 1. The lowest BCUT2D eigenvalue weighted by molar-refractivity contribution is 0.0689. The summed E-state index contributed by atoms with van der Waals surface area (Å²) in [4.78, 5) is 18.4. The molecule has 0 unspecified atom stereocenters. The topological polar surface area (TPSA) is 67.5 Å². The third-order valence-electron chi connectivity index (χ3n) is 1.54. The highest BCUT2D eigenvalue weighted by Crippen LogP contribution is 2.14. The Morgan fingerprint density at radius 3 is 3.08 bits per heavy atom. The van der Waals surface area contributed by atoms with Crippen molar-refractivity contribution in [2.24, 2.45) is 0 Å². The van der Waals surface area contributed by atoms with Crippen molar-refractivity contribution < 1.29 is 9.90 Å². The lowest BCUT2D eigenvalue weighted by atomic mass is 10.4. The molecule has 0 spiro atoms. The van der Waals surface area contributed by atoms with Crippen molar-refractivity contribution in [2.75, 3.05) is 0 Å². The molecule has 2 rings (SSSR count). The van der Waals surface area contributed by atoms with Gasteiger partial charge in [0.15, 0.2) is 5.69 Å². The summed E-state index contributed by atoms with van der Waals surface area (Å²) >= 11 is 3.11. The Hall–Kier alpha value is -1.43. The number of rotatable bonds is 1. The molecule has 0 fully saturated rings. The molecule has 2 heterocycles. The van der Waals surface area contributed by atoms with Crippen molar-refractivity contribution in [3.05, 3.63) is 28.8 Å². The van der Waals surface area contributed by atoms with Crippen LogP contribution in [0.15, 0.2) is 23.1 Å².